The lowest BCUT2D eigenvalue weighted by Gasteiger charge is -2.48. The third-order valence-corrected chi connectivity index (χ3v) is 5.47. The second kappa shape index (κ2) is 6.97. The molecular formula is C18H26N2O3. The molecule has 2 fully saturated rings. The molecule has 1 aromatic heterocycles. The van der Waals surface area contributed by atoms with Gasteiger partial charge in [0.2, 0.25) is 0 Å². The van der Waals surface area contributed by atoms with Gasteiger partial charge in [0, 0.05) is 45.1 Å². The molecule has 0 radical (unpaired) electrons. The number of amides is 1. The van der Waals surface area contributed by atoms with Crippen molar-refractivity contribution in [3.63, 3.8) is 0 Å². The summed E-state index contributed by atoms with van der Waals surface area (Å²) in [6.07, 6.45) is 6.60. The normalized spacial score (nSPS) is 23.9. The van der Waals surface area contributed by atoms with Crippen molar-refractivity contribution in [2.45, 2.75) is 26.2 Å². The molecule has 3 heterocycles. The number of carbonyl (C=O) groups excluding carboxylic acids is 1. The maximum atomic E-state index is 12.7. The topological polar surface area (TPSA) is 51.7 Å². The van der Waals surface area contributed by atoms with E-state index in [1.54, 1.807) is 19.5 Å². The van der Waals surface area contributed by atoms with Crippen LogP contribution in [0.5, 0.6) is 0 Å². The molecule has 2 saturated heterocycles. The van der Waals surface area contributed by atoms with Gasteiger partial charge >= 0.3 is 0 Å². The number of hydrogen-bond donors (Lipinski definition) is 0. The monoisotopic (exact) mass is 318 g/mol. The van der Waals surface area contributed by atoms with Gasteiger partial charge in [-0.05, 0) is 43.2 Å². The number of carbonyl (C=O) groups is 1. The maximum absolute atomic E-state index is 12.7. The molecule has 1 spiro atoms. The zero-order valence-electron chi connectivity index (χ0n) is 14.1. The van der Waals surface area contributed by atoms with Crippen LogP contribution in [0.15, 0.2) is 18.5 Å². The lowest BCUT2D eigenvalue weighted by Crippen LogP contribution is -2.50. The molecule has 1 amide bonds. The van der Waals surface area contributed by atoms with E-state index in [0.717, 1.165) is 57.7 Å². The van der Waals surface area contributed by atoms with Crippen molar-refractivity contribution < 1.29 is 14.3 Å². The van der Waals surface area contributed by atoms with Gasteiger partial charge < -0.3 is 14.4 Å². The third kappa shape index (κ3) is 3.40. The van der Waals surface area contributed by atoms with E-state index < -0.39 is 0 Å². The molecule has 5 heteroatoms. The summed E-state index contributed by atoms with van der Waals surface area (Å²) in [4.78, 5) is 18.8. The van der Waals surface area contributed by atoms with Gasteiger partial charge in [-0.2, -0.15) is 0 Å². The number of methoxy groups -OCH3 is 1. The molecule has 0 N–H and O–H groups in total. The van der Waals surface area contributed by atoms with Crippen molar-refractivity contribution in [2.24, 2.45) is 11.3 Å². The van der Waals surface area contributed by atoms with E-state index in [-0.39, 0.29) is 11.3 Å². The van der Waals surface area contributed by atoms with Crippen LogP contribution in [0.1, 0.15) is 35.2 Å². The van der Waals surface area contributed by atoms with E-state index in [0.29, 0.717) is 11.5 Å². The highest BCUT2D eigenvalue weighted by Gasteiger charge is 2.44. The maximum Gasteiger partial charge on any atom is 0.255 e. The van der Waals surface area contributed by atoms with E-state index in [2.05, 4.69) is 4.98 Å². The van der Waals surface area contributed by atoms with Crippen molar-refractivity contribution in [3.8, 4) is 0 Å². The molecule has 2 aliphatic rings. The fourth-order valence-electron chi connectivity index (χ4n) is 3.98. The number of ether oxygens (including phenoxy) is 2. The first-order chi connectivity index (χ1) is 11.1. The summed E-state index contributed by atoms with van der Waals surface area (Å²) in [5.41, 5.74) is 1.99. The fraction of sp³-hybridized carbons (Fsp3) is 0.667. The SMILES string of the molecule is COC[C@@H]1COCCC12CCN(C(=O)c1cncc(C)c1)CC2. The van der Waals surface area contributed by atoms with Crippen LogP contribution in [0, 0.1) is 18.3 Å². The highest BCUT2D eigenvalue weighted by Crippen LogP contribution is 2.44. The Labute approximate surface area is 138 Å². The van der Waals surface area contributed by atoms with Crippen LogP contribution in [-0.2, 0) is 9.47 Å². The summed E-state index contributed by atoms with van der Waals surface area (Å²) in [6.45, 7) is 5.95. The number of pyridine rings is 1. The molecule has 0 bridgehead atoms. The van der Waals surface area contributed by atoms with Crippen LogP contribution in [0.2, 0.25) is 0 Å². The Hall–Kier alpha value is -1.46. The van der Waals surface area contributed by atoms with Gasteiger partial charge in [0.25, 0.3) is 5.91 Å². The predicted molar refractivity (Wildman–Crippen MR) is 87.3 cm³/mol. The van der Waals surface area contributed by atoms with Gasteiger partial charge in [0.05, 0.1) is 18.8 Å². The number of hydrogen-bond acceptors (Lipinski definition) is 4. The second-order valence-corrected chi connectivity index (χ2v) is 6.88. The number of aromatic nitrogens is 1. The Morgan fingerprint density at radius 1 is 1.39 bits per heavy atom. The van der Waals surface area contributed by atoms with Crippen LogP contribution in [0.4, 0.5) is 0 Å². The summed E-state index contributed by atoms with van der Waals surface area (Å²) >= 11 is 0. The Morgan fingerprint density at radius 3 is 2.87 bits per heavy atom. The standard InChI is InChI=1S/C18H26N2O3/c1-14-9-15(11-19-10-14)17(21)20-6-3-18(4-7-20)5-8-23-13-16(18)12-22-2/h9-11,16H,3-8,12-13H2,1-2H3/t16-/m1/s1. The largest absolute Gasteiger partial charge is 0.384 e. The summed E-state index contributed by atoms with van der Waals surface area (Å²) in [5.74, 6) is 0.547. The van der Waals surface area contributed by atoms with E-state index in [1.807, 2.05) is 17.9 Å². The lowest BCUT2D eigenvalue weighted by atomic mass is 9.66. The van der Waals surface area contributed by atoms with E-state index >= 15 is 0 Å². The zero-order chi connectivity index (χ0) is 16.3. The Bertz CT molecular complexity index is 551. The average molecular weight is 318 g/mol. The van der Waals surface area contributed by atoms with Crippen LogP contribution in [0.25, 0.3) is 0 Å². The summed E-state index contributed by atoms with van der Waals surface area (Å²) in [7, 11) is 1.76. The van der Waals surface area contributed by atoms with Crippen LogP contribution < -0.4 is 0 Å². The summed E-state index contributed by atoms with van der Waals surface area (Å²) in [6, 6.07) is 1.92. The van der Waals surface area contributed by atoms with E-state index in [9.17, 15) is 4.79 Å². The molecule has 5 nitrogen and oxygen atoms in total. The molecule has 126 valence electrons. The Balaban J connectivity index is 1.66. The number of nitrogens with zero attached hydrogens (tertiary/aromatic N) is 2. The van der Waals surface area contributed by atoms with Crippen LogP contribution >= 0.6 is 0 Å². The van der Waals surface area contributed by atoms with Crippen molar-refractivity contribution in [2.75, 3.05) is 40.0 Å². The lowest BCUT2D eigenvalue weighted by molar-refractivity contribution is -0.0912. The van der Waals surface area contributed by atoms with Gasteiger partial charge in [-0.15, -0.1) is 0 Å². The predicted octanol–water partition coefficient (Wildman–Crippen LogP) is 2.30. The first-order valence-corrected chi connectivity index (χ1v) is 8.42. The van der Waals surface area contributed by atoms with Crippen molar-refractivity contribution in [1.29, 1.82) is 0 Å². The fourth-order valence-corrected chi connectivity index (χ4v) is 3.98. The van der Waals surface area contributed by atoms with Crippen LogP contribution in [-0.4, -0.2) is 55.8 Å². The van der Waals surface area contributed by atoms with Gasteiger partial charge in [-0.3, -0.25) is 9.78 Å². The minimum absolute atomic E-state index is 0.103. The molecule has 23 heavy (non-hydrogen) atoms. The molecule has 0 aliphatic carbocycles. The van der Waals surface area contributed by atoms with Gasteiger partial charge in [0.1, 0.15) is 0 Å². The molecule has 1 atom stereocenters. The first kappa shape index (κ1) is 16.4. The molecule has 0 unspecified atom stereocenters. The number of piperidine rings is 1. The molecule has 3 rings (SSSR count). The minimum atomic E-state index is 0.103. The third-order valence-electron chi connectivity index (χ3n) is 5.47. The van der Waals surface area contributed by atoms with Crippen LogP contribution in [0.3, 0.4) is 0 Å². The quantitative estimate of drug-likeness (QED) is 0.858. The van der Waals surface area contributed by atoms with Gasteiger partial charge in [-0.25, -0.2) is 0 Å². The highest BCUT2D eigenvalue weighted by molar-refractivity contribution is 5.94. The average Bonchev–Trinajstić information content (AvgIpc) is 2.57. The van der Waals surface area contributed by atoms with Gasteiger partial charge in [-0.1, -0.05) is 0 Å². The van der Waals surface area contributed by atoms with Crippen molar-refractivity contribution >= 4 is 5.91 Å². The van der Waals surface area contributed by atoms with E-state index in [1.165, 1.54) is 0 Å². The van der Waals surface area contributed by atoms with E-state index in [4.69, 9.17) is 9.47 Å². The van der Waals surface area contributed by atoms with Crippen molar-refractivity contribution in [3.05, 3.63) is 29.6 Å². The minimum Gasteiger partial charge on any atom is -0.384 e. The van der Waals surface area contributed by atoms with Crippen molar-refractivity contribution in [1.82, 2.24) is 9.88 Å². The second-order valence-electron chi connectivity index (χ2n) is 6.88. The summed E-state index contributed by atoms with van der Waals surface area (Å²) < 4.78 is 11.0. The number of rotatable bonds is 3. The zero-order valence-corrected chi connectivity index (χ0v) is 14.1. The number of aryl methyl sites for hydroxylation is 1. The first-order valence-electron chi connectivity index (χ1n) is 8.42. The molecule has 1 aromatic rings. The number of likely N-dealkylation sites (tertiary alicyclic amines) is 1. The summed E-state index contributed by atoms with van der Waals surface area (Å²) in [5, 5.41) is 0. The smallest absolute Gasteiger partial charge is 0.255 e. The Morgan fingerprint density at radius 2 is 2.17 bits per heavy atom. The highest BCUT2D eigenvalue weighted by atomic mass is 16.5. The van der Waals surface area contributed by atoms with Gasteiger partial charge in [0.15, 0.2) is 0 Å². The Kier molecular flexibility index (Phi) is 4.97. The molecule has 0 saturated carbocycles. The molecular weight excluding hydrogens is 292 g/mol. The molecule has 0 aromatic carbocycles. The molecule has 2 aliphatic heterocycles.